The zero-order valence-corrected chi connectivity index (χ0v) is 11.6. The van der Waals surface area contributed by atoms with E-state index in [2.05, 4.69) is 21.9 Å². The summed E-state index contributed by atoms with van der Waals surface area (Å²) in [4.78, 5) is 20.5. The Labute approximate surface area is 122 Å². The molecule has 1 heterocycles. The highest BCUT2D eigenvalue weighted by Crippen LogP contribution is 2.34. The van der Waals surface area contributed by atoms with Crippen LogP contribution in [0, 0.1) is 10.1 Å². The molecule has 0 saturated carbocycles. The average Bonchev–Trinajstić information content (AvgIpc) is 2.52. The Morgan fingerprint density at radius 2 is 2.10 bits per heavy atom. The minimum Gasteiger partial charge on any atom is -0.361 e. The van der Waals surface area contributed by atoms with E-state index in [-0.39, 0.29) is 17.3 Å². The van der Waals surface area contributed by atoms with Gasteiger partial charge >= 0.3 is 5.69 Å². The maximum absolute atomic E-state index is 11.4. The van der Waals surface area contributed by atoms with E-state index in [0.717, 1.165) is 5.69 Å². The predicted molar refractivity (Wildman–Crippen MR) is 81.9 cm³/mol. The molecule has 0 radical (unpaired) electrons. The molecule has 0 spiro atoms. The summed E-state index contributed by atoms with van der Waals surface area (Å²) >= 11 is 0. The van der Waals surface area contributed by atoms with Gasteiger partial charge in [-0.05, 0) is 12.1 Å². The lowest BCUT2D eigenvalue weighted by molar-refractivity contribution is -0.383. The van der Waals surface area contributed by atoms with Crippen molar-refractivity contribution in [3.63, 3.8) is 0 Å². The Kier molecular flexibility index (Phi) is 4.45. The van der Waals surface area contributed by atoms with Gasteiger partial charge in [0.05, 0.1) is 4.92 Å². The molecule has 0 atom stereocenters. The minimum atomic E-state index is -0.486. The number of aromatic nitrogens is 2. The number of hydrogen-bond donors (Lipinski definition) is 1. The molecule has 1 N–H and O–H groups in total. The van der Waals surface area contributed by atoms with E-state index >= 15 is 0 Å². The third-order valence-electron chi connectivity index (χ3n) is 2.86. The number of hydrogen-bond acceptors (Lipinski definition) is 6. The van der Waals surface area contributed by atoms with Gasteiger partial charge in [-0.3, -0.25) is 10.1 Å². The predicted octanol–water partition coefficient (Wildman–Crippen LogP) is 2.75. The first-order chi connectivity index (χ1) is 10.1. The largest absolute Gasteiger partial charge is 0.361 e. The number of para-hydroxylation sites is 1. The van der Waals surface area contributed by atoms with E-state index in [9.17, 15) is 10.1 Å². The molecule has 7 heteroatoms. The van der Waals surface area contributed by atoms with Crippen LogP contribution in [0.4, 0.5) is 23.0 Å². The summed E-state index contributed by atoms with van der Waals surface area (Å²) in [6.07, 6.45) is 2.90. The van der Waals surface area contributed by atoms with Crippen molar-refractivity contribution in [2.75, 3.05) is 23.8 Å². The molecule has 0 aliphatic rings. The number of anilines is 3. The summed E-state index contributed by atoms with van der Waals surface area (Å²) in [7, 11) is 1.72. The Bertz CT molecular complexity index is 645. The van der Waals surface area contributed by atoms with E-state index in [1.807, 2.05) is 30.3 Å². The summed E-state index contributed by atoms with van der Waals surface area (Å²) < 4.78 is 0. The first-order valence-corrected chi connectivity index (χ1v) is 6.28. The van der Waals surface area contributed by atoms with Crippen molar-refractivity contribution in [3.05, 3.63) is 59.4 Å². The van der Waals surface area contributed by atoms with Crippen molar-refractivity contribution >= 4 is 23.0 Å². The molecule has 2 rings (SSSR count). The zero-order valence-electron chi connectivity index (χ0n) is 11.6. The van der Waals surface area contributed by atoms with Gasteiger partial charge in [0.1, 0.15) is 6.33 Å². The number of nitro groups is 1. The van der Waals surface area contributed by atoms with Crippen molar-refractivity contribution in [1.29, 1.82) is 0 Å². The van der Waals surface area contributed by atoms with Gasteiger partial charge in [0, 0.05) is 19.3 Å². The highest BCUT2D eigenvalue weighted by atomic mass is 16.6. The van der Waals surface area contributed by atoms with Gasteiger partial charge in [-0.1, -0.05) is 24.3 Å². The molecule has 0 saturated heterocycles. The van der Waals surface area contributed by atoms with Gasteiger partial charge < -0.3 is 10.2 Å². The van der Waals surface area contributed by atoms with Crippen molar-refractivity contribution < 1.29 is 4.92 Å². The molecule has 21 heavy (non-hydrogen) atoms. The van der Waals surface area contributed by atoms with Crippen LogP contribution < -0.4 is 10.2 Å². The molecule has 1 aromatic heterocycles. The van der Waals surface area contributed by atoms with E-state index in [4.69, 9.17) is 0 Å². The van der Waals surface area contributed by atoms with Gasteiger partial charge in [-0.15, -0.1) is 6.58 Å². The lowest BCUT2D eigenvalue weighted by Gasteiger charge is -2.18. The zero-order chi connectivity index (χ0) is 15.2. The third-order valence-corrected chi connectivity index (χ3v) is 2.86. The minimum absolute atomic E-state index is 0.161. The molecule has 0 aliphatic carbocycles. The summed E-state index contributed by atoms with van der Waals surface area (Å²) in [6, 6.07) is 9.29. The molecule has 0 amide bonds. The quantitative estimate of drug-likeness (QED) is 0.499. The lowest BCUT2D eigenvalue weighted by Crippen LogP contribution is -2.15. The molecule has 2 aromatic rings. The topological polar surface area (TPSA) is 84.2 Å². The van der Waals surface area contributed by atoms with Crippen LogP contribution in [0.2, 0.25) is 0 Å². The summed E-state index contributed by atoms with van der Waals surface area (Å²) in [6.45, 7) is 3.95. The molecule has 1 aromatic carbocycles. The van der Waals surface area contributed by atoms with Crippen LogP contribution in [0.15, 0.2) is 49.3 Å². The molecular formula is C14H15N5O2. The first-order valence-electron chi connectivity index (χ1n) is 6.28. The molecule has 7 nitrogen and oxygen atoms in total. The normalized spacial score (nSPS) is 9.95. The van der Waals surface area contributed by atoms with Crippen LogP contribution in [0.3, 0.4) is 0 Å². The third kappa shape index (κ3) is 3.14. The van der Waals surface area contributed by atoms with Gasteiger partial charge in [0.25, 0.3) is 0 Å². The van der Waals surface area contributed by atoms with Crippen molar-refractivity contribution in [2.24, 2.45) is 0 Å². The van der Waals surface area contributed by atoms with Crippen LogP contribution in [-0.2, 0) is 0 Å². The fourth-order valence-corrected chi connectivity index (χ4v) is 1.86. The van der Waals surface area contributed by atoms with Gasteiger partial charge in [-0.2, -0.15) is 0 Å². The van der Waals surface area contributed by atoms with E-state index in [1.54, 1.807) is 18.0 Å². The van der Waals surface area contributed by atoms with E-state index in [1.165, 1.54) is 6.33 Å². The van der Waals surface area contributed by atoms with Crippen molar-refractivity contribution in [3.8, 4) is 0 Å². The number of rotatable bonds is 6. The van der Waals surface area contributed by atoms with Crippen LogP contribution in [0.1, 0.15) is 0 Å². The van der Waals surface area contributed by atoms with Gasteiger partial charge in [0.15, 0.2) is 0 Å². The number of nitrogens with one attached hydrogen (secondary N) is 1. The second-order valence-electron chi connectivity index (χ2n) is 4.22. The average molecular weight is 285 g/mol. The molecule has 0 fully saturated rings. The Morgan fingerprint density at radius 3 is 2.71 bits per heavy atom. The second kappa shape index (κ2) is 6.47. The summed E-state index contributed by atoms with van der Waals surface area (Å²) in [5.74, 6) is 0.403. The number of benzene rings is 1. The monoisotopic (exact) mass is 285 g/mol. The Balaban J connectivity index is 2.47. The number of nitrogens with zero attached hydrogens (tertiary/aromatic N) is 4. The standard InChI is InChI=1S/C14H15N5O2/c1-3-9-15-13-12(19(20)21)14(17-10-16-13)18(2)11-7-5-4-6-8-11/h3-8,10H,1,9H2,2H3,(H,15,16,17). The molecular weight excluding hydrogens is 270 g/mol. The molecule has 0 aliphatic heterocycles. The molecule has 0 unspecified atom stereocenters. The smallest absolute Gasteiger partial charge is 0.353 e. The molecule has 108 valence electrons. The van der Waals surface area contributed by atoms with Crippen LogP contribution in [-0.4, -0.2) is 28.5 Å². The SMILES string of the molecule is C=CCNc1ncnc(N(C)c2ccccc2)c1[N+](=O)[O-]. The van der Waals surface area contributed by atoms with E-state index < -0.39 is 4.92 Å². The lowest BCUT2D eigenvalue weighted by atomic mass is 10.3. The highest BCUT2D eigenvalue weighted by Gasteiger charge is 2.25. The van der Waals surface area contributed by atoms with Crippen LogP contribution in [0.25, 0.3) is 0 Å². The molecule has 0 bridgehead atoms. The van der Waals surface area contributed by atoms with Crippen molar-refractivity contribution in [2.45, 2.75) is 0 Å². The fourth-order valence-electron chi connectivity index (χ4n) is 1.86. The first kappa shape index (κ1) is 14.4. The summed E-state index contributed by atoms with van der Waals surface area (Å²) in [5.41, 5.74) is 0.639. The van der Waals surface area contributed by atoms with E-state index in [0.29, 0.717) is 6.54 Å². The van der Waals surface area contributed by atoms with Crippen LogP contribution in [0.5, 0.6) is 0 Å². The van der Waals surface area contributed by atoms with Crippen LogP contribution >= 0.6 is 0 Å². The Hall–Kier alpha value is -2.96. The second-order valence-corrected chi connectivity index (χ2v) is 4.22. The maximum Gasteiger partial charge on any atom is 0.353 e. The van der Waals surface area contributed by atoms with Crippen molar-refractivity contribution in [1.82, 2.24) is 9.97 Å². The van der Waals surface area contributed by atoms with Gasteiger partial charge in [-0.25, -0.2) is 9.97 Å². The van der Waals surface area contributed by atoms with Gasteiger partial charge in [0.2, 0.25) is 11.6 Å². The Morgan fingerprint density at radius 1 is 1.38 bits per heavy atom. The fraction of sp³-hybridized carbons (Fsp3) is 0.143. The highest BCUT2D eigenvalue weighted by molar-refractivity contribution is 5.75. The maximum atomic E-state index is 11.4. The summed E-state index contributed by atoms with van der Waals surface area (Å²) in [5, 5.41) is 14.2.